The third kappa shape index (κ3) is 6.19. The van der Waals surface area contributed by atoms with E-state index < -0.39 is 23.5 Å². The van der Waals surface area contributed by atoms with Crippen LogP contribution in [0.1, 0.15) is 52.7 Å². The molecule has 1 fully saturated rings. The lowest BCUT2D eigenvalue weighted by atomic mass is 9.86. The topological polar surface area (TPSA) is 61.4 Å². The maximum atomic E-state index is 13.8. The molecule has 31 heavy (non-hydrogen) atoms. The van der Waals surface area contributed by atoms with E-state index >= 15 is 0 Å². The number of amides is 1. The molecule has 3 N–H and O–H groups in total. The Kier molecular flexibility index (Phi) is 7.20. The molecule has 0 heterocycles. The van der Waals surface area contributed by atoms with Crippen LogP contribution in [-0.4, -0.2) is 23.6 Å². The fraction of sp³-hybridized carbons (Fsp3) is 0.435. The van der Waals surface area contributed by atoms with Gasteiger partial charge in [-0.1, -0.05) is 6.07 Å². The second kappa shape index (κ2) is 9.68. The van der Waals surface area contributed by atoms with E-state index in [2.05, 4.69) is 10.6 Å². The molecule has 0 saturated heterocycles. The Bertz CT molecular complexity index is 902. The molecule has 3 rings (SSSR count). The van der Waals surface area contributed by atoms with Gasteiger partial charge in [-0.05, 0) is 74.4 Å². The van der Waals surface area contributed by atoms with Crippen molar-refractivity contribution >= 4 is 5.91 Å². The summed E-state index contributed by atoms with van der Waals surface area (Å²) >= 11 is 0. The van der Waals surface area contributed by atoms with Gasteiger partial charge in [0.25, 0.3) is 5.91 Å². The molecule has 1 saturated carbocycles. The molecule has 0 atom stereocenters. The van der Waals surface area contributed by atoms with Crippen LogP contribution in [0.2, 0.25) is 0 Å². The van der Waals surface area contributed by atoms with Gasteiger partial charge in [-0.2, -0.15) is 13.2 Å². The van der Waals surface area contributed by atoms with Crippen molar-refractivity contribution in [2.45, 2.75) is 51.4 Å². The second-order valence-electron chi connectivity index (χ2n) is 8.13. The zero-order chi connectivity index (χ0) is 22.6. The van der Waals surface area contributed by atoms with E-state index in [4.69, 9.17) is 0 Å². The number of aryl methyl sites for hydroxylation is 1. The number of phenolic OH excluding ortho intramolecular Hbond substituents is 1. The highest BCUT2D eigenvalue weighted by Crippen LogP contribution is 2.31. The van der Waals surface area contributed by atoms with Gasteiger partial charge in [0.1, 0.15) is 11.6 Å². The van der Waals surface area contributed by atoms with Crippen LogP contribution in [0.3, 0.4) is 0 Å². The number of hydrogen-bond acceptors (Lipinski definition) is 3. The second-order valence-corrected chi connectivity index (χ2v) is 8.13. The molecule has 0 spiro atoms. The molecule has 0 aromatic heterocycles. The number of benzene rings is 2. The third-order valence-electron chi connectivity index (χ3n) is 5.73. The molecule has 0 aliphatic heterocycles. The van der Waals surface area contributed by atoms with Gasteiger partial charge in [0.2, 0.25) is 0 Å². The number of hydrogen-bond donors (Lipinski definition) is 3. The van der Waals surface area contributed by atoms with Gasteiger partial charge in [-0.25, -0.2) is 4.39 Å². The first kappa shape index (κ1) is 23.1. The fourth-order valence-corrected chi connectivity index (χ4v) is 3.96. The van der Waals surface area contributed by atoms with E-state index in [-0.39, 0.29) is 35.4 Å². The minimum atomic E-state index is -4.49. The van der Waals surface area contributed by atoms with Crippen molar-refractivity contribution in [3.8, 4) is 5.75 Å². The minimum absolute atomic E-state index is 0.00683. The van der Waals surface area contributed by atoms with Crippen LogP contribution in [-0.2, 0) is 12.7 Å². The number of phenols is 1. The summed E-state index contributed by atoms with van der Waals surface area (Å²) < 4.78 is 52.7. The monoisotopic (exact) mass is 438 g/mol. The van der Waals surface area contributed by atoms with Gasteiger partial charge >= 0.3 is 6.18 Å². The van der Waals surface area contributed by atoms with Crippen molar-refractivity contribution in [2.24, 2.45) is 5.92 Å². The zero-order valence-electron chi connectivity index (χ0n) is 17.2. The molecule has 4 nitrogen and oxygen atoms in total. The predicted molar refractivity (Wildman–Crippen MR) is 109 cm³/mol. The van der Waals surface area contributed by atoms with E-state index in [1.54, 1.807) is 0 Å². The van der Waals surface area contributed by atoms with Crippen LogP contribution < -0.4 is 10.6 Å². The summed E-state index contributed by atoms with van der Waals surface area (Å²) in [4.78, 5) is 12.4. The fourth-order valence-electron chi connectivity index (χ4n) is 3.96. The van der Waals surface area contributed by atoms with E-state index in [0.717, 1.165) is 37.8 Å². The summed E-state index contributed by atoms with van der Waals surface area (Å²) in [6.45, 7) is 2.16. The lowest BCUT2D eigenvalue weighted by Crippen LogP contribution is -2.37. The van der Waals surface area contributed by atoms with Crippen LogP contribution in [0.15, 0.2) is 36.4 Å². The smallest absolute Gasteiger partial charge is 0.416 e. The van der Waals surface area contributed by atoms with Gasteiger partial charge in [0.15, 0.2) is 0 Å². The SMILES string of the molecule is Cc1cc(C(=O)NC[C@H]2CC[C@@H](NCc3c(O)cccc3F)CC2)cc(C(F)(F)F)c1. The van der Waals surface area contributed by atoms with Gasteiger partial charge in [-0.15, -0.1) is 0 Å². The highest BCUT2D eigenvalue weighted by atomic mass is 19.4. The first-order valence-electron chi connectivity index (χ1n) is 10.3. The van der Waals surface area contributed by atoms with E-state index in [1.165, 1.54) is 31.2 Å². The van der Waals surface area contributed by atoms with E-state index in [9.17, 15) is 27.5 Å². The number of aromatic hydroxyl groups is 1. The van der Waals surface area contributed by atoms with Crippen molar-refractivity contribution < 1.29 is 27.5 Å². The Morgan fingerprint density at radius 2 is 1.84 bits per heavy atom. The lowest BCUT2D eigenvalue weighted by molar-refractivity contribution is -0.137. The maximum Gasteiger partial charge on any atom is 0.416 e. The van der Waals surface area contributed by atoms with Crippen LogP contribution in [0.5, 0.6) is 5.75 Å². The maximum absolute atomic E-state index is 13.8. The molecule has 0 bridgehead atoms. The van der Waals surface area contributed by atoms with Crippen LogP contribution >= 0.6 is 0 Å². The first-order chi connectivity index (χ1) is 14.6. The molecule has 8 heteroatoms. The molecule has 2 aromatic carbocycles. The molecule has 168 valence electrons. The Labute approximate surface area is 178 Å². The van der Waals surface area contributed by atoms with Gasteiger partial charge in [-0.3, -0.25) is 4.79 Å². The highest BCUT2D eigenvalue weighted by molar-refractivity contribution is 5.94. The molecule has 0 radical (unpaired) electrons. The normalized spacial score (nSPS) is 19.3. The molecule has 1 amide bonds. The Balaban J connectivity index is 1.46. The quantitative estimate of drug-likeness (QED) is 0.560. The Hall–Kier alpha value is -2.61. The standard InChI is InChI=1S/C23H26F4N2O2/c1-14-9-16(11-17(10-14)23(25,26)27)22(31)29-12-15-5-7-18(8-6-15)28-13-19-20(24)3-2-4-21(19)30/h2-4,9-11,15,18,28,30H,5-8,12-13H2,1H3,(H,29,31)/t15-,18+. The average molecular weight is 438 g/mol. The van der Waals surface area contributed by atoms with Crippen molar-refractivity contribution in [3.63, 3.8) is 0 Å². The molecular weight excluding hydrogens is 412 g/mol. The van der Waals surface area contributed by atoms with E-state index in [1.807, 2.05) is 0 Å². The van der Waals surface area contributed by atoms with Crippen LogP contribution in [0.4, 0.5) is 17.6 Å². The number of carbonyl (C=O) groups excluding carboxylic acids is 1. The van der Waals surface area contributed by atoms with Crippen LogP contribution in [0, 0.1) is 18.7 Å². The van der Waals surface area contributed by atoms with E-state index in [0.29, 0.717) is 12.1 Å². The summed E-state index contributed by atoms with van der Waals surface area (Å²) in [7, 11) is 0. The summed E-state index contributed by atoms with van der Waals surface area (Å²) in [5, 5.41) is 15.8. The molecule has 1 aliphatic rings. The first-order valence-corrected chi connectivity index (χ1v) is 10.3. The highest BCUT2D eigenvalue weighted by Gasteiger charge is 2.31. The molecule has 2 aromatic rings. The molecule has 0 unspecified atom stereocenters. The van der Waals surface area contributed by atoms with Crippen molar-refractivity contribution in [3.05, 3.63) is 64.5 Å². The zero-order valence-corrected chi connectivity index (χ0v) is 17.2. The lowest BCUT2D eigenvalue weighted by Gasteiger charge is -2.29. The molecule has 1 aliphatic carbocycles. The summed E-state index contributed by atoms with van der Waals surface area (Å²) in [6, 6.07) is 7.73. The van der Waals surface area contributed by atoms with Crippen molar-refractivity contribution in [2.75, 3.05) is 6.54 Å². The third-order valence-corrected chi connectivity index (χ3v) is 5.73. The number of rotatable bonds is 6. The number of nitrogens with one attached hydrogen (secondary N) is 2. The number of carbonyl (C=O) groups is 1. The number of alkyl halides is 3. The summed E-state index contributed by atoms with van der Waals surface area (Å²) in [6.07, 6.45) is -1.16. The Morgan fingerprint density at radius 3 is 2.48 bits per heavy atom. The Morgan fingerprint density at radius 1 is 1.13 bits per heavy atom. The van der Waals surface area contributed by atoms with Crippen molar-refractivity contribution in [1.29, 1.82) is 0 Å². The van der Waals surface area contributed by atoms with Gasteiger partial charge < -0.3 is 15.7 Å². The number of halogens is 4. The summed E-state index contributed by atoms with van der Waals surface area (Å²) in [5.74, 6) is -0.803. The summed E-state index contributed by atoms with van der Waals surface area (Å²) in [5.41, 5.74) is -0.196. The van der Waals surface area contributed by atoms with Crippen LogP contribution in [0.25, 0.3) is 0 Å². The van der Waals surface area contributed by atoms with Gasteiger partial charge in [0.05, 0.1) is 5.56 Å². The van der Waals surface area contributed by atoms with Crippen molar-refractivity contribution in [1.82, 2.24) is 10.6 Å². The largest absolute Gasteiger partial charge is 0.508 e. The van der Waals surface area contributed by atoms with Gasteiger partial charge in [0, 0.05) is 30.3 Å². The molecular formula is C23H26F4N2O2. The predicted octanol–water partition coefficient (Wildman–Crippen LogP) is 4.94. The average Bonchev–Trinajstić information content (AvgIpc) is 2.71. The minimum Gasteiger partial charge on any atom is -0.508 e.